The Labute approximate surface area is 192 Å². The van der Waals surface area contributed by atoms with E-state index in [9.17, 15) is 4.79 Å². The molecule has 32 heavy (non-hydrogen) atoms. The maximum atomic E-state index is 12.9. The van der Waals surface area contributed by atoms with Crippen molar-refractivity contribution in [1.29, 1.82) is 0 Å². The number of amides is 1. The van der Waals surface area contributed by atoms with E-state index in [1.807, 2.05) is 43.6 Å². The lowest BCUT2D eigenvalue weighted by Crippen LogP contribution is -2.45. The van der Waals surface area contributed by atoms with Gasteiger partial charge >= 0.3 is 6.09 Å². The fraction of sp³-hybridized carbons (Fsp3) is 0.400. The molecule has 1 amide bonds. The van der Waals surface area contributed by atoms with Crippen LogP contribution >= 0.6 is 11.6 Å². The highest BCUT2D eigenvalue weighted by Gasteiger charge is 2.51. The smallest absolute Gasteiger partial charge is 0.415 e. The van der Waals surface area contributed by atoms with E-state index >= 15 is 0 Å². The number of halogens is 1. The van der Waals surface area contributed by atoms with Gasteiger partial charge in [0.2, 0.25) is 0 Å². The summed E-state index contributed by atoms with van der Waals surface area (Å²) in [6.45, 7) is 12.9. The van der Waals surface area contributed by atoms with Crippen molar-refractivity contribution in [2.75, 3.05) is 11.4 Å². The van der Waals surface area contributed by atoms with Crippen molar-refractivity contribution in [3.63, 3.8) is 0 Å². The Bertz CT molecular complexity index is 1260. The van der Waals surface area contributed by atoms with Gasteiger partial charge in [0.25, 0.3) is 0 Å². The van der Waals surface area contributed by atoms with Gasteiger partial charge in [0.05, 0.1) is 36.2 Å². The van der Waals surface area contributed by atoms with E-state index in [0.29, 0.717) is 17.3 Å². The zero-order chi connectivity index (χ0) is 22.5. The molecule has 0 bridgehead atoms. The Hall–Kier alpha value is -3.04. The molecule has 164 valence electrons. The number of ether oxygens (including phenoxy) is 1. The Morgan fingerprint density at radius 3 is 2.88 bits per heavy atom. The second kappa shape index (κ2) is 7.53. The van der Waals surface area contributed by atoms with Gasteiger partial charge in [-0.1, -0.05) is 24.6 Å². The van der Waals surface area contributed by atoms with Crippen LogP contribution in [0.2, 0.25) is 5.02 Å². The molecule has 6 nitrogen and oxygen atoms in total. The average Bonchev–Trinajstić information content (AvgIpc) is 3.27. The zero-order valence-electron chi connectivity index (χ0n) is 18.3. The summed E-state index contributed by atoms with van der Waals surface area (Å²) in [7, 11) is 0. The highest BCUT2D eigenvalue weighted by atomic mass is 35.5. The van der Waals surface area contributed by atoms with Crippen molar-refractivity contribution in [2.24, 2.45) is 5.41 Å². The fourth-order valence-electron chi connectivity index (χ4n) is 5.53. The summed E-state index contributed by atoms with van der Waals surface area (Å²) >= 11 is 6.11. The minimum atomic E-state index is -0.492. The number of rotatable bonds is 3. The summed E-state index contributed by atoms with van der Waals surface area (Å²) in [6.07, 6.45) is 5.27. The molecule has 2 fully saturated rings. The Balaban J connectivity index is 1.40. The second-order valence-electron chi connectivity index (χ2n) is 9.57. The standard InChI is InChI=1S/C25H25ClN4O2/c1-17-11-18(26)5-8-21(17)30-15-25(32-23(30)31)10-4-9-24(2,13-25)14-29-16-28-20-7-6-19(27-3)12-22(20)29/h5-8,11-12,16H,4,9-10,13-15H2,1-2H3/t24-,25-/m0/s1. The van der Waals surface area contributed by atoms with Gasteiger partial charge in [0, 0.05) is 11.6 Å². The van der Waals surface area contributed by atoms with E-state index in [1.54, 1.807) is 11.0 Å². The SMILES string of the molecule is [C-]#[N+]c1ccc2ncn(C[C@@]3(C)CCC[C@@]4(CN(c5ccc(Cl)cc5C)C(=O)O4)C3)c2c1. The Kier molecular flexibility index (Phi) is 4.90. The quantitative estimate of drug-likeness (QED) is 0.428. The number of carbonyl (C=O) groups excluding carboxylic acids is 1. The normalized spacial score (nSPS) is 25.3. The molecule has 0 unspecified atom stereocenters. The van der Waals surface area contributed by atoms with Crippen LogP contribution in [0.5, 0.6) is 0 Å². The molecule has 1 aliphatic carbocycles. The number of aryl methyl sites for hydroxylation is 1. The van der Waals surface area contributed by atoms with Gasteiger partial charge < -0.3 is 9.30 Å². The van der Waals surface area contributed by atoms with Crippen LogP contribution in [0.3, 0.4) is 0 Å². The van der Waals surface area contributed by atoms with Crippen LogP contribution in [0.25, 0.3) is 15.9 Å². The molecular weight excluding hydrogens is 424 g/mol. The number of imidazole rings is 1. The second-order valence-corrected chi connectivity index (χ2v) is 10.0. The number of carbonyl (C=O) groups is 1. The van der Waals surface area contributed by atoms with E-state index in [0.717, 1.165) is 54.5 Å². The predicted molar refractivity (Wildman–Crippen MR) is 125 cm³/mol. The van der Waals surface area contributed by atoms with E-state index < -0.39 is 5.60 Å². The molecule has 2 aromatic carbocycles. The van der Waals surface area contributed by atoms with Crippen LogP contribution in [0.4, 0.5) is 16.2 Å². The molecule has 5 rings (SSSR count). The third kappa shape index (κ3) is 3.61. The van der Waals surface area contributed by atoms with Crippen molar-refractivity contribution in [3.8, 4) is 0 Å². The minimum absolute atomic E-state index is 0.0503. The molecule has 2 heterocycles. The molecule has 0 N–H and O–H groups in total. The third-order valence-corrected chi connectivity index (χ3v) is 7.10. The molecule has 1 aliphatic heterocycles. The van der Waals surface area contributed by atoms with Crippen LogP contribution in [0.15, 0.2) is 42.7 Å². The number of fused-ring (bicyclic) bond motifs is 1. The van der Waals surface area contributed by atoms with Gasteiger partial charge in [-0.2, -0.15) is 0 Å². The molecule has 1 saturated heterocycles. The lowest BCUT2D eigenvalue weighted by atomic mass is 9.68. The maximum Gasteiger partial charge on any atom is 0.415 e. The number of aromatic nitrogens is 2. The van der Waals surface area contributed by atoms with Crippen LogP contribution in [0.1, 0.15) is 38.2 Å². The summed E-state index contributed by atoms with van der Waals surface area (Å²) in [5.41, 5.74) is 3.76. The molecular formula is C25H25ClN4O2. The van der Waals surface area contributed by atoms with E-state index in [2.05, 4.69) is 21.3 Å². The summed E-state index contributed by atoms with van der Waals surface area (Å²) < 4.78 is 8.21. The van der Waals surface area contributed by atoms with Gasteiger partial charge in [0.15, 0.2) is 5.69 Å². The highest BCUT2D eigenvalue weighted by molar-refractivity contribution is 6.30. The third-order valence-electron chi connectivity index (χ3n) is 6.87. The molecule has 3 aromatic rings. The lowest BCUT2D eigenvalue weighted by Gasteiger charge is -2.43. The van der Waals surface area contributed by atoms with Crippen molar-refractivity contribution in [3.05, 3.63) is 64.7 Å². The van der Waals surface area contributed by atoms with Gasteiger partial charge in [-0.25, -0.2) is 14.6 Å². The highest BCUT2D eigenvalue weighted by Crippen LogP contribution is 2.48. The molecule has 0 radical (unpaired) electrons. The van der Waals surface area contributed by atoms with Crippen molar-refractivity contribution in [2.45, 2.75) is 51.7 Å². The number of hydrogen-bond donors (Lipinski definition) is 0. The van der Waals surface area contributed by atoms with Crippen LogP contribution in [-0.2, 0) is 11.3 Å². The first kappa shape index (κ1) is 20.8. The average molecular weight is 449 g/mol. The van der Waals surface area contributed by atoms with Crippen LogP contribution < -0.4 is 4.90 Å². The van der Waals surface area contributed by atoms with Crippen LogP contribution in [0, 0.1) is 18.9 Å². The largest absolute Gasteiger partial charge is 0.441 e. The van der Waals surface area contributed by atoms with Gasteiger partial charge in [-0.15, -0.1) is 0 Å². The number of nitrogens with zero attached hydrogens (tertiary/aromatic N) is 4. The number of benzene rings is 2. The van der Waals surface area contributed by atoms with Gasteiger partial charge in [0.1, 0.15) is 5.60 Å². The zero-order valence-corrected chi connectivity index (χ0v) is 19.0. The van der Waals surface area contributed by atoms with Crippen molar-refractivity contribution >= 4 is 40.1 Å². The molecule has 1 saturated carbocycles. The summed E-state index contributed by atoms with van der Waals surface area (Å²) in [5, 5.41) is 0.660. The lowest BCUT2D eigenvalue weighted by molar-refractivity contribution is -0.0264. The first-order chi connectivity index (χ1) is 15.3. The summed E-state index contributed by atoms with van der Waals surface area (Å²) in [5.74, 6) is 0. The van der Waals surface area contributed by atoms with Crippen LogP contribution in [-0.4, -0.2) is 27.8 Å². The summed E-state index contributed by atoms with van der Waals surface area (Å²) in [6, 6.07) is 11.2. The molecule has 2 atom stereocenters. The molecule has 1 aromatic heterocycles. The van der Waals surface area contributed by atoms with E-state index in [-0.39, 0.29) is 11.5 Å². The number of anilines is 1. The minimum Gasteiger partial charge on any atom is -0.441 e. The van der Waals surface area contributed by atoms with Gasteiger partial charge in [-0.3, -0.25) is 4.90 Å². The molecule has 7 heteroatoms. The van der Waals surface area contributed by atoms with Crippen molar-refractivity contribution in [1.82, 2.24) is 9.55 Å². The first-order valence-electron chi connectivity index (χ1n) is 10.9. The molecule has 2 aliphatic rings. The van der Waals surface area contributed by atoms with Gasteiger partial charge in [-0.05, 0) is 73.9 Å². The van der Waals surface area contributed by atoms with E-state index in [1.165, 1.54) is 0 Å². The first-order valence-corrected chi connectivity index (χ1v) is 11.3. The van der Waals surface area contributed by atoms with E-state index in [4.69, 9.17) is 22.9 Å². The fourth-order valence-corrected chi connectivity index (χ4v) is 5.76. The molecule has 1 spiro atoms. The number of hydrogen-bond acceptors (Lipinski definition) is 3. The predicted octanol–water partition coefficient (Wildman–Crippen LogP) is 6.52. The van der Waals surface area contributed by atoms with Crippen molar-refractivity contribution < 1.29 is 9.53 Å². The topological polar surface area (TPSA) is 51.7 Å². The maximum absolute atomic E-state index is 12.9. The summed E-state index contributed by atoms with van der Waals surface area (Å²) in [4.78, 5) is 22.7. The Morgan fingerprint density at radius 1 is 1.25 bits per heavy atom. The Morgan fingerprint density at radius 2 is 2.09 bits per heavy atom. The monoisotopic (exact) mass is 448 g/mol.